The number of rotatable bonds is 4. The predicted molar refractivity (Wildman–Crippen MR) is 42.1 cm³/mol. The third-order valence-corrected chi connectivity index (χ3v) is 1.36. The van der Waals surface area contributed by atoms with E-state index in [9.17, 15) is 8.78 Å². The Balaban J connectivity index is 2.25. The zero-order valence-corrected chi connectivity index (χ0v) is 6.54. The molecule has 0 aliphatic heterocycles. The third kappa shape index (κ3) is 3.44. The van der Waals surface area contributed by atoms with Crippen LogP contribution >= 0.6 is 0 Å². The first-order valence-corrected chi connectivity index (χ1v) is 3.69. The maximum Gasteiger partial charge on any atom is 0.261 e. The van der Waals surface area contributed by atoms with Crippen molar-refractivity contribution in [3.05, 3.63) is 35.9 Å². The SMILES string of the molecule is FC(F)COCc1ccccc1. The minimum absolute atomic E-state index is 0.255. The molecule has 66 valence electrons. The fourth-order valence-corrected chi connectivity index (χ4v) is 0.840. The van der Waals surface area contributed by atoms with E-state index < -0.39 is 13.0 Å². The molecule has 0 aromatic heterocycles. The van der Waals surface area contributed by atoms with Crippen LogP contribution in [0.5, 0.6) is 0 Å². The average molecular weight is 172 g/mol. The number of ether oxygens (including phenoxy) is 1. The van der Waals surface area contributed by atoms with Gasteiger partial charge in [0.1, 0.15) is 6.61 Å². The van der Waals surface area contributed by atoms with Crippen molar-refractivity contribution >= 4 is 0 Å². The van der Waals surface area contributed by atoms with Crippen molar-refractivity contribution in [2.45, 2.75) is 13.0 Å². The van der Waals surface area contributed by atoms with Crippen LogP contribution in [0, 0.1) is 0 Å². The summed E-state index contributed by atoms with van der Waals surface area (Å²) in [6.07, 6.45) is -2.38. The van der Waals surface area contributed by atoms with Gasteiger partial charge in [0.2, 0.25) is 0 Å². The Bertz CT molecular complexity index is 211. The number of hydrogen-bond acceptors (Lipinski definition) is 1. The highest BCUT2D eigenvalue weighted by molar-refractivity contribution is 5.13. The minimum Gasteiger partial charge on any atom is -0.371 e. The van der Waals surface area contributed by atoms with Crippen LogP contribution in [0.4, 0.5) is 8.78 Å². The van der Waals surface area contributed by atoms with Crippen molar-refractivity contribution in [1.82, 2.24) is 0 Å². The van der Waals surface area contributed by atoms with Crippen LogP contribution in [0.1, 0.15) is 5.56 Å². The molecule has 0 saturated carbocycles. The molecule has 0 saturated heterocycles. The molecule has 0 unspecified atom stereocenters. The van der Waals surface area contributed by atoms with Crippen molar-refractivity contribution in [3.8, 4) is 0 Å². The molecule has 0 amide bonds. The van der Waals surface area contributed by atoms with Gasteiger partial charge in [0.05, 0.1) is 6.61 Å². The summed E-state index contributed by atoms with van der Waals surface area (Å²) < 4.78 is 28.0. The van der Waals surface area contributed by atoms with Gasteiger partial charge in [-0.2, -0.15) is 0 Å². The van der Waals surface area contributed by atoms with Gasteiger partial charge < -0.3 is 4.74 Å². The van der Waals surface area contributed by atoms with E-state index >= 15 is 0 Å². The highest BCUT2D eigenvalue weighted by atomic mass is 19.3. The number of hydrogen-bond donors (Lipinski definition) is 0. The minimum atomic E-state index is -2.38. The Morgan fingerprint density at radius 1 is 1.17 bits per heavy atom. The van der Waals surface area contributed by atoms with Gasteiger partial charge in [-0.1, -0.05) is 30.3 Å². The van der Waals surface area contributed by atoms with Gasteiger partial charge in [-0.25, -0.2) is 8.78 Å². The monoisotopic (exact) mass is 172 g/mol. The highest BCUT2D eigenvalue weighted by Crippen LogP contribution is 2.01. The molecule has 1 nitrogen and oxygen atoms in total. The number of alkyl halides is 2. The molecular formula is C9H10F2O. The van der Waals surface area contributed by atoms with Crippen molar-refractivity contribution in [3.63, 3.8) is 0 Å². The van der Waals surface area contributed by atoms with E-state index in [-0.39, 0.29) is 6.61 Å². The topological polar surface area (TPSA) is 9.23 Å². The molecule has 3 heteroatoms. The first kappa shape index (κ1) is 9.13. The summed E-state index contributed by atoms with van der Waals surface area (Å²) in [7, 11) is 0. The van der Waals surface area contributed by atoms with E-state index in [0.717, 1.165) is 5.56 Å². The summed E-state index contributed by atoms with van der Waals surface area (Å²) in [6, 6.07) is 9.25. The molecule has 1 aromatic carbocycles. The second-order valence-electron chi connectivity index (χ2n) is 2.39. The first-order chi connectivity index (χ1) is 5.79. The Morgan fingerprint density at radius 2 is 1.83 bits per heavy atom. The van der Waals surface area contributed by atoms with E-state index in [0.29, 0.717) is 0 Å². The fraction of sp³-hybridized carbons (Fsp3) is 0.333. The van der Waals surface area contributed by atoms with Crippen molar-refractivity contribution in [1.29, 1.82) is 0 Å². The summed E-state index contributed by atoms with van der Waals surface area (Å²) in [5, 5.41) is 0. The molecule has 0 N–H and O–H groups in total. The largest absolute Gasteiger partial charge is 0.371 e. The second kappa shape index (κ2) is 4.83. The van der Waals surface area contributed by atoms with Gasteiger partial charge in [-0.05, 0) is 5.56 Å². The molecule has 0 heterocycles. The predicted octanol–water partition coefficient (Wildman–Crippen LogP) is 2.47. The smallest absolute Gasteiger partial charge is 0.261 e. The number of benzene rings is 1. The van der Waals surface area contributed by atoms with E-state index in [1.165, 1.54) is 0 Å². The van der Waals surface area contributed by atoms with Crippen LogP contribution in [0.2, 0.25) is 0 Å². The molecular weight excluding hydrogens is 162 g/mol. The summed E-state index contributed by atoms with van der Waals surface area (Å²) in [5.74, 6) is 0. The van der Waals surface area contributed by atoms with Crippen molar-refractivity contribution in [2.75, 3.05) is 6.61 Å². The van der Waals surface area contributed by atoms with Crippen molar-refractivity contribution < 1.29 is 13.5 Å². The van der Waals surface area contributed by atoms with Crippen LogP contribution in [0.15, 0.2) is 30.3 Å². The van der Waals surface area contributed by atoms with Gasteiger partial charge >= 0.3 is 0 Å². The standard InChI is InChI=1S/C9H10F2O/c10-9(11)7-12-6-8-4-2-1-3-5-8/h1-5,9H,6-7H2. The molecule has 0 radical (unpaired) electrons. The van der Waals surface area contributed by atoms with Crippen LogP contribution < -0.4 is 0 Å². The highest BCUT2D eigenvalue weighted by Gasteiger charge is 2.01. The molecule has 12 heavy (non-hydrogen) atoms. The lowest BCUT2D eigenvalue weighted by Crippen LogP contribution is -2.03. The van der Waals surface area contributed by atoms with Gasteiger partial charge in [0.25, 0.3) is 6.43 Å². The molecule has 0 aliphatic rings. The Labute approximate surface area is 70.0 Å². The van der Waals surface area contributed by atoms with E-state index in [4.69, 9.17) is 4.74 Å². The van der Waals surface area contributed by atoms with Crippen LogP contribution in [0.25, 0.3) is 0 Å². The third-order valence-electron chi connectivity index (χ3n) is 1.36. The van der Waals surface area contributed by atoms with Crippen LogP contribution in [0.3, 0.4) is 0 Å². The summed E-state index contributed by atoms with van der Waals surface area (Å²) in [5.41, 5.74) is 0.915. The zero-order chi connectivity index (χ0) is 8.81. The lowest BCUT2D eigenvalue weighted by atomic mass is 10.2. The normalized spacial score (nSPS) is 10.6. The molecule has 1 aromatic rings. The maximum atomic E-state index is 11.6. The molecule has 0 spiro atoms. The Kier molecular flexibility index (Phi) is 3.67. The summed E-state index contributed by atoms with van der Waals surface area (Å²) >= 11 is 0. The zero-order valence-electron chi connectivity index (χ0n) is 6.54. The second-order valence-corrected chi connectivity index (χ2v) is 2.39. The Hall–Kier alpha value is -0.960. The maximum absolute atomic E-state index is 11.6. The summed E-state index contributed by atoms with van der Waals surface area (Å²) in [6.45, 7) is -0.236. The van der Waals surface area contributed by atoms with Gasteiger partial charge in [-0.15, -0.1) is 0 Å². The Morgan fingerprint density at radius 3 is 2.42 bits per heavy atom. The molecule has 0 bridgehead atoms. The summed E-state index contributed by atoms with van der Waals surface area (Å²) in [4.78, 5) is 0. The van der Waals surface area contributed by atoms with Crippen molar-refractivity contribution in [2.24, 2.45) is 0 Å². The lowest BCUT2D eigenvalue weighted by molar-refractivity contribution is 0.00988. The molecule has 0 atom stereocenters. The van der Waals surface area contributed by atoms with Crippen LogP contribution in [-0.4, -0.2) is 13.0 Å². The quantitative estimate of drug-likeness (QED) is 0.677. The van der Waals surface area contributed by atoms with Gasteiger partial charge in [-0.3, -0.25) is 0 Å². The van der Waals surface area contributed by atoms with E-state index in [1.54, 1.807) is 0 Å². The fourth-order valence-electron chi connectivity index (χ4n) is 0.840. The van der Waals surface area contributed by atoms with Gasteiger partial charge in [0.15, 0.2) is 0 Å². The van der Waals surface area contributed by atoms with Crippen LogP contribution in [-0.2, 0) is 11.3 Å². The molecule has 0 aliphatic carbocycles. The molecule has 0 fully saturated rings. The number of halogens is 2. The molecule has 1 rings (SSSR count). The van der Waals surface area contributed by atoms with E-state index in [1.807, 2.05) is 30.3 Å². The average Bonchev–Trinajstić information content (AvgIpc) is 2.05. The van der Waals surface area contributed by atoms with Gasteiger partial charge in [0, 0.05) is 0 Å². The first-order valence-electron chi connectivity index (χ1n) is 3.69. The van der Waals surface area contributed by atoms with E-state index in [2.05, 4.69) is 0 Å². The lowest BCUT2D eigenvalue weighted by Gasteiger charge is -2.02.